The highest BCUT2D eigenvalue weighted by molar-refractivity contribution is 7.92. The van der Waals surface area contributed by atoms with Crippen molar-refractivity contribution in [3.05, 3.63) is 35.7 Å². The Morgan fingerprint density at radius 2 is 1.96 bits per heavy atom. The Labute approximate surface area is 133 Å². The number of hydrogen-bond donors (Lipinski definition) is 2. The van der Waals surface area contributed by atoms with Crippen molar-refractivity contribution >= 4 is 27.5 Å². The third-order valence-corrected chi connectivity index (χ3v) is 5.16. The van der Waals surface area contributed by atoms with Crippen molar-refractivity contribution in [2.24, 2.45) is 0 Å². The maximum atomic E-state index is 12.4. The molecule has 1 aromatic carbocycles. The molecular weight excluding hydrogens is 320 g/mol. The van der Waals surface area contributed by atoms with Crippen LogP contribution in [0.25, 0.3) is 0 Å². The Morgan fingerprint density at radius 1 is 1.26 bits per heavy atom. The van der Waals surface area contributed by atoms with Crippen molar-refractivity contribution in [1.82, 2.24) is 10.2 Å². The van der Waals surface area contributed by atoms with Crippen LogP contribution in [-0.4, -0.2) is 37.9 Å². The van der Waals surface area contributed by atoms with Crippen LogP contribution in [0, 0.1) is 13.8 Å². The van der Waals surface area contributed by atoms with Crippen molar-refractivity contribution in [3.63, 3.8) is 0 Å². The second-order valence-corrected chi connectivity index (χ2v) is 6.80. The van der Waals surface area contributed by atoms with Crippen molar-refractivity contribution in [2.75, 3.05) is 22.8 Å². The first-order valence-corrected chi connectivity index (χ1v) is 8.45. The van der Waals surface area contributed by atoms with Crippen molar-refractivity contribution < 1.29 is 17.9 Å². The molecule has 0 radical (unpaired) electrons. The van der Waals surface area contributed by atoms with Crippen LogP contribution in [0.2, 0.25) is 0 Å². The first-order valence-electron chi connectivity index (χ1n) is 6.97. The number of H-pyrrole nitrogens is 1. The van der Waals surface area contributed by atoms with Crippen molar-refractivity contribution in [1.29, 1.82) is 0 Å². The summed E-state index contributed by atoms with van der Waals surface area (Å²) in [6.45, 7) is 4.11. The molecule has 1 aliphatic rings. The number of aromatic amines is 1. The molecule has 1 aliphatic heterocycles. The number of rotatable bonds is 4. The molecular formula is C14H16N4O4S. The van der Waals surface area contributed by atoms with Gasteiger partial charge in [0.1, 0.15) is 11.5 Å². The molecule has 1 aromatic heterocycles. The van der Waals surface area contributed by atoms with Gasteiger partial charge in [0.05, 0.1) is 17.9 Å². The van der Waals surface area contributed by atoms with E-state index < -0.39 is 16.1 Å². The van der Waals surface area contributed by atoms with Gasteiger partial charge in [0.15, 0.2) is 0 Å². The zero-order chi connectivity index (χ0) is 16.6. The van der Waals surface area contributed by atoms with Crippen LogP contribution in [0.5, 0.6) is 0 Å². The number of sulfonamides is 1. The molecule has 0 aliphatic carbocycles. The summed E-state index contributed by atoms with van der Waals surface area (Å²) in [7, 11) is -3.72. The summed E-state index contributed by atoms with van der Waals surface area (Å²) in [4.78, 5) is 13.1. The predicted octanol–water partition coefficient (Wildman–Crippen LogP) is 1.78. The van der Waals surface area contributed by atoms with Gasteiger partial charge < -0.3 is 4.74 Å². The lowest BCUT2D eigenvalue weighted by Crippen LogP contribution is -2.23. The van der Waals surface area contributed by atoms with E-state index in [9.17, 15) is 13.2 Å². The third-order valence-electron chi connectivity index (χ3n) is 3.52. The number of anilines is 2. The topological polar surface area (TPSA) is 104 Å². The fourth-order valence-electron chi connectivity index (χ4n) is 2.48. The summed E-state index contributed by atoms with van der Waals surface area (Å²) in [6, 6.07) is 6.53. The first-order chi connectivity index (χ1) is 10.9. The standard InChI is InChI=1S/C14H16N4O4S/c1-9-13(10(2)16-15-9)23(20,21)17-11-3-5-12(6-4-11)18-7-8-22-14(18)19/h3-6,17H,7-8H2,1-2H3,(H,15,16). The number of benzene rings is 1. The highest BCUT2D eigenvalue weighted by atomic mass is 32.2. The van der Waals surface area contributed by atoms with Gasteiger partial charge in [0.25, 0.3) is 10.0 Å². The number of amides is 1. The smallest absolute Gasteiger partial charge is 0.414 e. The average Bonchev–Trinajstić information content (AvgIpc) is 3.05. The molecule has 8 nitrogen and oxygen atoms in total. The number of carbonyl (C=O) groups is 1. The van der Waals surface area contributed by atoms with Gasteiger partial charge in [-0.25, -0.2) is 13.2 Å². The van der Waals surface area contributed by atoms with Gasteiger partial charge in [0, 0.05) is 11.4 Å². The van der Waals surface area contributed by atoms with E-state index in [0.717, 1.165) is 0 Å². The molecule has 122 valence electrons. The summed E-state index contributed by atoms with van der Waals surface area (Å²) in [6.07, 6.45) is -0.400. The summed E-state index contributed by atoms with van der Waals surface area (Å²) >= 11 is 0. The van der Waals surface area contributed by atoms with E-state index >= 15 is 0 Å². The minimum atomic E-state index is -3.72. The van der Waals surface area contributed by atoms with Gasteiger partial charge in [0.2, 0.25) is 0 Å². The highest BCUT2D eigenvalue weighted by Gasteiger charge is 2.24. The van der Waals surface area contributed by atoms with Crippen LogP contribution in [0.15, 0.2) is 29.2 Å². The molecule has 0 bridgehead atoms. The number of nitrogens with zero attached hydrogens (tertiary/aromatic N) is 2. The fourth-order valence-corrected chi connectivity index (χ4v) is 3.91. The zero-order valence-corrected chi connectivity index (χ0v) is 13.5. The number of aryl methyl sites for hydroxylation is 2. The average molecular weight is 336 g/mol. The first kappa shape index (κ1) is 15.3. The van der Waals surface area contributed by atoms with Crippen LogP contribution < -0.4 is 9.62 Å². The van der Waals surface area contributed by atoms with E-state index in [1.165, 1.54) is 4.90 Å². The maximum absolute atomic E-state index is 12.4. The zero-order valence-electron chi connectivity index (χ0n) is 12.7. The lowest BCUT2D eigenvalue weighted by molar-refractivity contribution is 0.181. The number of hydrogen-bond acceptors (Lipinski definition) is 5. The molecule has 0 unspecified atom stereocenters. The van der Waals surface area contributed by atoms with Crippen molar-refractivity contribution in [3.8, 4) is 0 Å². The second kappa shape index (κ2) is 5.58. The Kier molecular flexibility index (Phi) is 3.72. The van der Waals surface area contributed by atoms with E-state index in [4.69, 9.17) is 4.74 Å². The van der Waals surface area contributed by atoms with Crippen LogP contribution in [0.1, 0.15) is 11.4 Å². The Balaban J connectivity index is 1.82. The Morgan fingerprint density at radius 3 is 2.48 bits per heavy atom. The van der Waals surface area contributed by atoms with Gasteiger partial charge in [-0.3, -0.25) is 14.7 Å². The number of nitrogens with one attached hydrogen (secondary N) is 2. The molecule has 1 saturated heterocycles. The largest absolute Gasteiger partial charge is 0.447 e. The predicted molar refractivity (Wildman–Crippen MR) is 84.0 cm³/mol. The van der Waals surface area contributed by atoms with Crippen LogP contribution in [0.4, 0.5) is 16.2 Å². The van der Waals surface area contributed by atoms with Crippen LogP contribution in [-0.2, 0) is 14.8 Å². The van der Waals surface area contributed by atoms with Gasteiger partial charge >= 0.3 is 6.09 Å². The Hall–Kier alpha value is -2.55. The molecule has 9 heteroatoms. The van der Waals surface area contributed by atoms with Gasteiger partial charge in [-0.05, 0) is 38.1 Å². The van der Waals surface area contributed by atoms with E-state index in [-0.39, 0.29) is 4.90 Å². The SMILES string of the molecule is Cc1n[nH]c(C)c1S(=O)(=O)Nc1ccc(N2CCOC2=O)cc1. The normalized spacial score (nSPS) is 14.9. The summed E-state index contributed by atoms with van der Waals surface area (Å²) in [5.74, 6) is 0. The lowest BCUT2D eigenvalue weighted by atomic mass is 10.2. The Bertz CT molecular complexity index is 823. The van der Waals surface area contributed by atoms with Gasteiger partial charge in [-0.2, -0.15) is 5.10 Å². The van der Waals surface area contributed by atoms with Gasteiger partial charge in [-0.15, -0.1) is 0 Å². The molecule has 1 amide bonds. The molecule has 2 aromatic rings. The monoisotopic (exact) mass is 336 g/mol. The molecule has 2 heterocycles. The molecule has 0 spiro atoms. The van der Waals surface area contributed by atoms with Gasteiger partial charge in [-0.1, -0.05) is 0 Å². The van der Waals surface area contributed by atoms with Crippen LogP contribution >= 0.6 is 0 Å². The molecule has 0 atom stereocenters. The molecule has 2 N–H and O–H groups in total. The summed E-state index contributed by atoms with van der Waals surface area (Å²) in [5.41, 5.74) is 1.95. The van der Waals surface area contributed by atoms with Crippen molar-refractivity contribution in [2.45, 2.75) is 18.7 Å². The summed E-state index contributed by atoms with van der Waals surface area (Å²) < 4.78 is 32.3. The maximum Gasteiger partial charge on any atom is 0.414 e. The molecule has 1 fully saturated rings. The van der Waals surface area contributed by atoms with Crippen LogP contribution in [0.3, 0.4) is 0 Å². The highest BCUT2D eigenvalue weighted by Crippen LogP contribution is 2.24. The molecule has 0 saturated carbocycles. The lowest BCUT2D eigenvalue weighted by Gasteiger charge is -2.14. The quantitative estimate of drug-likeness (QED) is 0.885. The minimum absolute atomic E-state index is 0.143. The second-order valence-electron chi connectivity index (χ2n) is 5.18. The van der Waals surface area contributed by atoms with E-state index in [1.54, 1.807) is 38.1 Å². The third kappa shape index (κ3) is 2.87. The number of carbonyl (C=O) groups excluding carboxylic acids is 1. The molecule has 23 heavy (non-hydrogen) atoms. The summed E-state index contributed by atoms with van der Waals surface area (Å²) in [5, 5.41) is 6.55. The van der Waals surface area contributed by atoms with E-state index in [1.807, 2.05) is 0 Å². The van der Waals surface area contributed by atoms with E-state index in [2.05, 4.69) is 14.9 Å². The fraction of sp³-hybridized carbons (Fsp3) is 0.286. The number of cyclic esters (lactones) is 1. The minimum Gasteiger partial charge on any atom is -0.447 e. The van der Waals surface area contributed by atoms with E-state index in [0.29, 0.717) is 35.9 Å². The number of aromatic nitrogens is 2. The molecule has 3 rings (SSSR count). The number of ether oxygens (including phenoxy) is 1.